The van der Waals surface area contributed by atoms with Crippen molar-refractivity contribution in [1.29, 1.82) is 0 Å². The van der Waals surface area contributed by atoms with Gasteiger partial charge in [0.25, 0.3) is 5.91 Å². The van der Waals surface area contributed by atoms with E-state index in [0.717, 1.165) is 38.1 Å². The average molecular weight is 572 g/mol. The van der Waals surface area contributed by atoms with Crippen LogP contribution in [0.2, 0.25) is 0 Å². The molecule has 1 amide bonds. The Hall–Kier alpha value is -2.31. The van der Waals surface area contributed by atoms with E-state index in [2.05, 4.69) is 69.2 Å². The third-order valence-electron chi connectivity index (χ3n) is 6.29. The molecule has 1 aliphatic rings. The summed E-state index contributed by atoms with van der Waals surface area (Å²) < 4.78 is 7.58. The van der Waals surface area contributed by atoms with Gasteiger partial charge in [-0.2, -0.15) is 0 Å². The monoisotopic (exact) mass is 570 g/mol. The molecule has 0 aromatic heterocycles. The Morgan fingerprint density at radius 3 is 2.42 bits per heavy atom. The number of ether oxygens (including phenoxy) is 1. The molecule has 4 rings (SSSR count). The molecule has 3 aromatic carbocycles. The topological polar surface area (TPSA) is 41.6 Å². The minimum atomic E-state index is 0.0208. The molecule has 0 fully saturated rings. The molecule has 172 valence electrons. The van der Waals surface area contributed by atoms with Crippen LogP contribution in [0, 0.1) is 5.92 Å². The van der Waals surface area contributed by atoms with Gasteiger partial charge in [0.05, 0.1) is 12.6 Å². The molecular formula is C27H28Br2N2O2. The van der Waals surface area contributed by atoms with Gasteiger partial charge in [0.2, 0.25) is 0 Å². The zero-order valence-electron chi connectivity index (χ0n) is 19.0. The molecule has 0 unspecified atom stereocenters. The van der Waals surface area contributed by atoms with Gasteiger partial charge in [-0.3, -0.25) is 4.79 Å². The number of fused-ring (bicyclic) bond motifs is 1. The van der Waals surface area contributed by atoms with E-state index in [1.54, 1.807) is 0 Å². The fraction of sp³-hybridized carbons (Fsp3) is 0.296. The number of halogens is 2. The Morgan fingerprint density at radius 2 is 1.76 bits per heavy atom. The predicted molar refractivity (Wildman–Crippen MR) is 142 cm³/mol. The van der Waals surface area contributed by atoms with Crippen molar-refractivity contribution in [2.75, 3.05) is 16.8 Å². The Morgan fingerprint density at radius 1 is 1.03 bits per heavy atom. The van der Waals surface area contributed by atoms with Gasteiger partial charge in [-0.25, -0.2) is 0 Å². The lowest BCUT2D eigenvalue weighted by Gasteiger charge is -2.45. The minimum Gasteiger partial charge on any atom is -0.494 e. The number of anilines is 2. The van der Waals surface area contributed by atoms with E-state index in [-0.39, 0.29) is 23.9 Å². The number of carbonyl (C=O) groups is 1. The maximum atomic E-state index is 13.8. The van der Waals surface area contributed by atoms with E-state index < -0.39 is 0 Å². The molecule has 3 atom stereocenters. The zero-order chi connectivity index (χ0) is 23.5. The second kappa shape index (κ2) is 10.3. The van der Waals surface area contributed by atoms with Crippen molar-refractivity contribution in [2.24, 2.45) is 5.92 Å². The van der Waals surface area contributed by atoms with Crippen LogP contribution in [0.25, 0.3) is 0 Å². The molecule has 0 bridgehead atoms. The van der Waals surface area contributed by atoms with Crippen LogP contribution in [0.4, 0.5) is 11.4 Å². The van der Waals surface area contributed by atoms with Crippen LogP contribution in [-0.2, 0) is 0 Å². The molecular weight excluding hydrogens is 544 g/mol. The van der Waals surface area contributed by atoms with Gasteiger partial charge < -0.3 is 15.0 Å². The smallest absolute Gasteiger partial charge is 0.258 e. The Balaban J connectivity index is 1.72. The number of nitrogens with one attached hydrogen (secondary N) is 1. The quantitative estimate of drug-likeness (QED) is 0.327. The first kappa shape index (κ1) is 23.8. The minimum absolute atomic E-state index is 0.0208. The van der Waals surface area contributed by atoms with Gasteiger partial charge in [-0.05, 0) is 83.4 Å². The lowest BCUT2D eigenvalue weighted by Crippen LogP contribution is -2.50. The molecule has 3 aromatic rings. The number of hydrogen-bond donors (Lipinski definition) is 1. The van der Waals surface area contributed by atoms with Crippen molar-refractivity contribution in [3.8, 4) is 5.75 Å². The second-order valence-corrected chi connectivity index (χ2v) is 10.0. The molecule has 33 heavy (non-hydrogen) atoms. The lowest BCUT2D eigenvalue weighted by molar-refractivity contribution is 0.0960. The molecule has 6 heteroatoms. The summed E-state index contributed by atoms with van der Waals surface area (Å²) in [5.41, 5.74) is 3.79. The van der Waals surface area contributed by atoms with Crippen LogP contribution in [-0.4, -0.2) is 18.6 Å². The van der Waals surface area contributed by atoms with E-state index >= 15 is 0 Å². The van der Waals surface area contributed by atoms with Gasteiger partial charge in [-0.15, -0.1) is 0 Å². The highest BCUT2D eigenvalue weighted by Gasteiger charge is 2.40. The van der Waals surface area contributed by atoms with Crippen LogP contribution >= 0.6 is 31.9 Å². The van der Waals surface area contributed by atoms with Gasteiger partial charge in [0.1, 0.15) is 5.75 Å². The van der Waals surface area contributed by atoms with Crippen LogP contribution in [0.15, 0.2) is 75.7 Å². The van der Waals surface area contributed by atoms with Crippen LogP contribution in [0.3, 0.4) is 0 Å². The number of para-hydroxylation sites is 1. The first-order valence-electron chi connectivity index (χ1n) is 11.3. The summed E-state index contributed by atoms with van der Waals surface area (Å²) >= 11 is 7.21. The maximum absolute atomic E-state index is 13.8. The first-order chi connectivity index (χ1) is 15.9. The Labute approximate surface area is 212 Å². The van der Waals surface area contributed by atoms with E-state index in [4.69, 9.17) is 4.74 Å². The number of carbonyl (C=O) groups excluding carboxylic acids is 1. The first-order valence-corrected chi connectivity index (χ1v) is 12.9. The van der Waals surface area contributed by atoms with Gasteiger partial charge in [-0.1, -0.05) is 48.0 Å². The normalized spacial score (nSPS) is 19.7. The lowest BCUT2D eigenvalue weighted by atomic mass is 9.80. The molecule has 4 nitrogen and oxygen atoms in total. The molecule has 0 saturated carbocycles. The van der Waals surface area contributed by atoms with Crippen molar-refractivity contribution in [2.45, 2.75) is 39.3 Å². The summed E-state index contributed by atoms with van der Waals surface area (Å²) in [5, 5.41) is 3.75. The van der Waals surface area contributed by atoms with Gasteiger partial charge in [0.15, 0.2) is 0 Å². The summed E-state index contributed by atoms with van der Waals surface area (Å²) in [4.78, 5) is 15.7. The largest absolute Gasteiger partial charge is 0.494 e. The van der Waals surface area contributed by atoms with Crippen molar-refractivity contribution >= 4 is 49.1 Å². The summed E-state index contributed by atoms with van der Waals surface area (Å²) in [5.74, 6) is 0.998. The Bertz CT molecular complexity index is 1130. The van der Waals surface area contributed by atoms with E-state index in [9.17, 15) is 4.79 Å². The summed E-state index contributed by atoms with van der Waals surface area (Å²) in [6, 6.07) is 22.0. The second-order valence-electron chi connectivity index (χ2n) is 8.27. The van der Waals surface area contributed by atoms with Gasteiger partial charge in [0, 0.05) is 37.8 Å². The average Bonchev–Trinajstić information content (AvgIpc) is 2.82. The number of amides is 1. The SMILES string of the molecule is CCOc1ccc(C(=O)N2c3ccccc3[C@H](Nc3ccc(Br)cc3Br)[C@@H](C)[C@@H]2CC)cc1. The maximum Gasteiger partial charge on any atom is 0.258 e. The number of rotatable bonds is 6. The van der Waals surface area contributed by atoms with Crippen LogP contribution in [0.1, 0.15) is 49.2 Å². The highest BCUT2D eigenvalue weighted by atomic mass is 79.9. The molecule has 1 N–H and O–H groups in total. The van der Waals surface area contributed by atoms with E-state index in [1.165, 1.54) is 0 Å². The van der Waals surface area contributed by atoms with Crippen molar-refractivity contribution in [3.63, 3.8) is 0 Å². The van der Waals surface area contributed by atoms with E-state index in [0.29, 0.717) is 12.2 Å². The van der Waals surface area contributed by atoms with Crippen molar-refractivity contribution < 1.29 is 9.53 Å². The zero-order valence-corrected chi connectivity index (χ0v) is 22.2. The number of benzene rings is 3. The number of nitrogens with zero attached hydrogens (tertiary/aromatic N) is 1. The highest BCUT2D eigenvalue weighted by Crippen LogP contribution is 2.44. The summed E-state index contributed by atoms with van der Waals surface area (Å²) in [6.07, 6.45) is 0.859. The third-order valence-corrected chi connectivity index (χ3v) is 7.44. The van der Waals surface area contributed by atoms with Crippen LogP contribution in [0.5, 0.6) is 5.75 Å². The Kier molecular flexibility index (Phi) is 7.45. The van der Waals surface area contributed by atoms with Crippen molar-refractivity contribution in [3.05, 3.63) is 86.8 Å². The summed E-state index contributed by atoms with van der Waals surface area (Å²) in [7, 11) is 0. The number of hydrogen-bond acceptors (Lipinski definition) is 3. The van der Waals surface area contributed by atoms with E-state index in [1.807, 2.05) is 60.4 Å². The predicted octanol–water partition coefficient (Wildman–Crippen LogP) is 7.84. The molecule has 0 radical (unpaired) electrons. The fourth-order valence-corrected chi connectivity index (χ4v) is 5.85. The van der Waals surface area contributed by atoms with Gasteiger partial charge >= 0.3 is 0 Å². The molecule has 0 saturated heterocycles. The molecule has 0 spiro atoms. The molecule has 1 aliphatic heterocycles. The standard InChI is InChI=1S/C27H28Br2N2O2/c1-4-24-17(3)26(30-23-15-12-19(28)16-22(23)29)21-8-6-7-9-25(21)31(24)27(32)18-10-13-20(14-11-18)33-5-2/h6-17,24,26,30H,4-5H2,1-3H3/t17-,24-,26+/m0/s1. The molecule has 0 aliphatic carbocycles. The fourth-order valence-electron chi connectivity index (χ4n) is 4.69. The molecule has 1 heterocycles. The third kappa shape index (κ3) is 4.82. The van der Waals surface area contributed by atoms with Crippen LogP contribution < -0.4 is 15.0 Å². The van der Waals surface area contributed by atoms with Crippen molar-refractivity contribution in [1.82, 2.24) is 0 Å². The summed E-state index contributed by atoms with van der Waals surface area (Å²) in [6.45, 7) is 6.94. The highest BCUT2D eigenvalue weighted by molar-refractivity contribution is 9.11.